The molecule has 0 saturated carbocycles. The van der Waals surface area contributed by atoms with Crippen LogP contribution in [0.15, 0.2) is 42.5 Å². The lowest BCUT2D eigenvalue weighted by Gasteiger charge is -2.23. The lowest BCUT2D eigenvalue weighted by Crippen LogP contribution is -2.45. The predicted molar refractivity (Wildman–Crippen MR) is 66.0 cm³/mol. The van der Waals surface area contributed by atoms with Crippen molar-refractivity contribution in [3.8, 4) is 0 Å². The Morgan fingerprint density at radius 2 is 1.94 bits per heavy atom. The summed E-state index contributed by atoms with van der Waals surface area (Å²) in [6.07, 6.45) is 3.41. The van der Waals surface area contributed by atoms with E-state index in [1.165, 1.54) is 0 Å². The quantitative estimate of drug-likeness (QED) is 0.782. The van der Waals surface area contributed by atoms with E-state index in [0.29, 0.717) is 6.54 Å². The highest BCUT2D eigenvalue weighted by Crippen LogP contribution is 2.34. The first-order valence-electron chi connectivity index (χ1n) is 6.09. The first kappa shape index (κ1) is 11.4. The van der Waals surface area contributed by atoms with Gasteiger partial charge in [0, 0.05) is 6.54 Å². The molecule has 2 aliphatic rings. The van der Waals surface area contributed by atoms with E-state index in [0.717, 1.165) is 5.56 Å². The van der Waals surface area contributed by atoms with E-state index in [9.17, 15) is 9.90 Å². The maximum absolute atomic E-state index is 11.3. The fraction of sp³-hybridized carbons (Fsp3) is 0.357. The third kappa shape index (κ3) is 1.94. The number of nitrogens with one attached hydrogen (secondary N) is 1. The second kappa shape index (κ2) is 4.55. The number of benzene rings is 1. The summed E-state index contributed by atoms with van der Waals surface area (Å²) < 4.78 is 5.59. The minimum absolute atomic E-state index is 0.111. The van der Waals surface area contributed by atoms with Crippen molar-refractivity contribution in [3.63, 3.8) is 0 Å². The standard InChI is InChI=1S/C14H15NO3/c16-14(17)12-10-6-7-11(18-10)13(12)15-8-9-4-2-1-3-5-9/h1-7,10-13,15H,8H2,(H,16,17)/t10-,11+,12-,13-/m1/s1. The Kier molecular flexibility index (Phi) is 2.89. The van der Waals surface area contributed by atoms with Gasteiger partial charge in [0.1, 0.15) is 5.92 Å². The smallest absolute Gasteiger partial charge is 0.311 e. The van der Waals surface area contributed by atoms with Crippen molar-refractivity contribution in [1.82, 2.24) is 5.32 Å². The van der Waals surface area contributed by atoms with Gasteiger partial charge >= 0.3 is 5.97 Å². The van der Waals surface area contributed by atoms with Crippen LogP contribution in [0.25, 0.3) is 0 Å². The first-order chi connectivity index (χ1) is 8.75. The highest BCUT2D eigenvalue weighted by molar-refractivity contribution is 5.73. The molecule has 0 amide bonds. The van der Waals surface area contributed by atoms with Crippen molar-refractivity contribution in [3.05, 3.63) is 48.0 Å². The number of carbonyl (C=O) groups is 1. The van der Waals surface area contributed by atoms with E-state index in [1.807, 2.05) is 42.5 Å². The van der Waals surface area contributed by atoms with Gasteiger partial charge in [-0.3, -0.25) is 4.79 Å². The molecule has 2 N–H and O–H groups in total. The summed E-state index contributed by atoms with van der Waals surface area (Å²) in [6.45, 7) is 0.662. The average molecular weight is 245 g/mol. The molecule has 4 heteroatoms. The topological polar surface area (TPSA) is 58.6 Å². The molecular weight excluding hydrogens is 230 g/mol. The van der Waals surface area contributed by atoms with Crippen LogP contribution in [0.5, 0.6) is 0 Å². The van der Waals surface area contributed by atoms with Gasteiger partial charge in [-0.2, -0.15) is 0 Å². The number of ether oxygens (including phenoxy) is 1. The predicted octanol–water partition coefficient (Wildman–Crippen LogP) is 1.18. The number of carboxylic acid groups (broad SMARTS) is 1. The van der Waals surface area contributed by atoms with E-state index in [2.05, 4.69) is 5.32 Å². The molecule has 0 spiro atoms. The summed E-state index contributed by atoms with van der Waals surface area (Å²) in [5, 5.41) is 12.6. The van der Waals surface area contributed by atoms with Crippen molar-refractivity contribution < 1.29 is 14.6 Å². The molecule has 0 unspecified atom stereocenters. The summed E-state index contributed by atoms with van der Waals surface area (Å²) in [6, 6.07) is 9.82. The molecule has 1 fully saturated rings. The monoisotopic (exact) mass is 245 g/mol. The molecule has 4 atom stereocenters. The second-order valence-corrected chi connectivity index (χ2v) is 4.71. The molecule has 0 aliphatic carbocycles. The van der Waals surface area contributed by atoms with Crippen molar-refractivity contribution in [1.29, 1.82) is 0 Å². The maximum Gasteiger partial charge on any atom is 0.311 e. The van der Waals surface area contributed by atoms with Gasteiger partial charge in [0.05, 0.1) is 18.2 Å². The Morgan fingerprint density at radius 3 is 2.67 bits per heavy atom. The van der Waals surface area contributed by atoms with E-state index in [4.69, 9.17) is 4.74 Å². The molecule has 0 aromatic heterocycles. The highest BCUT2D eigenvalue weighted by atomic mass is 16.5. The highest BCUT2D eigenvalue weighted by Gasteiger charge is 2.49. The van der Waals surface area contributed by atoms with Crippen LogP contribution in [0.3, 0.4) is 0 Å². The third-order valence-corrected chi connectivity index (χ3v) is 3.57. The zero-order valence-corrected chi connectivity index (χ0v) is 9.82. The Hall–Kier alpha value is -1.65. The van der Waals surface area contributed by atoms with Crippen LogP contribution < -0.4 is 5.32 Å². The normalized spacial score (nSPS) is 32.9. The Bertz CT molecular complexity index is 471. The molecule has 3 rings (SSSR count). The van der Waals surface area contributed by atoms with Crippen LogP contribution >= 0.6 is 0 Å². The van der Waals surface area contributed by atoms with Gasteiger partial charge in [-0.05, 0) is 5.56 Å². The van der Waals surface area contributed by atoms with Gasteiger partial charge in [0.15, 0.2) is 0 Å². The fourth-order valence-corrected chi connectivity index (χ4v) is 2.68. The molecule has 1 aromatic rings. The van der Waals surface area contributed by atoms with Gasteiger partial charge in [-0.15, -0.1) is 0 Å². The first-order valence-corrected chi connectivity index (χ1v) is 6.09. The fourth-order valence-electron chi connectivity index (χ4n) is 2.68. The number of fused-ring (bicyclic) bond motifs is 2. The van der Waals surface area contributed by atoms with Crippen molar-refractivity contribution in [2.75, 3.05) is 0 Å². The number of carboxylic acids is 1. The number of hydrogen-bond donors (Lipinski definition) is 2. The molecule has 2 heterocycles. The Labute approximate surface area is 105 Å². The minimum Gasteiger partial charge on any atom is -0.481 e. The lowest BCUT2D eigenvalue weighted by molar-refractivity contribution is -0.143. The van der Waals surface area contributed by atoms with Gasteiger partial charge in [0.25, 0.3) is 0 Å². The molecule has 18 heavy (non-hydrogen) atoms. The Balaban J connectivity index is 1.69. The van der Waals surface area contributed by atoms with E-state index in [-0.39, 0.29) is 18.2 Å². The number of rotatable bonds is 4. The largest absolute Gasteiger partial charge is 0.481 e. The van der Waals surface area contributed by atoms with Crippen LogP contribution in [0, 0.1) is 5.92 Å². The van der Waals surface area contributed by atoms with Gasteiger partial charge in [0.2, 0.25) is 0 Å². The van der Waals surface area contributed by atoms with Gasteiger partial charge in [-0.25, -0.2) is 0 Å². The van der Waals surface area contributed by atoms with Gasteiger partial charge in [-0.1, -0.05) is 42.5 Å². The molecule has 4 nitrogen and oxygen atoms in total. The van der Waals surface area contributed by atoms with Crippen LogP contribution in [-0.4, -0.2) is 29.3 Å². The molecule has 2 bridgehead atoms. The van der Waals surface area contributed by atoms with Crippen molar-refractivity contribution >= 4 is 5.97 Å². The lowest BCUT2D eigenvalue weighted by atomic mass is 9.89. The Morgan fingerprint density at radius 1 is 1.22 bits per heavy atom. The summed E-state index contributed by atoms with van der Waals surface area (Å²) in [7, 11) is 0. The van der Waals surface area contributed by atoms with Crippen LogP contribution in [0.4, 0.5) is 0 Å². The summed E-state index contributed by atoms with van der Waals surface area (Å²) in [5.74, 6) is -1.28. The second-order valence-electron chi connectivity index (χ2n) is 4.71. The number of hydrogen-bond acceptors (Lipinski definition) is 3. The summed E-state index contributed by atoms with van der Waals surface area (Å²) in [4.78, 5) is 11.3. The van der Waals surface area contributed by atoms with Gasteiger partial charge < -0.3 is 15.2 Å². The molecule has 2 aliphatic heterocycles. The van der Waals surface area contributed by atoms with E-state index >= 15 is 0 Å². The van der Waals surface area contributed by atoms with Crippen LogP contribution in [0.1, 0.15) is 5.56 Å². The molecule has 0 radical (unpaired) electrons. The SMILES string of the molecule is O=C(O)[C@H]1[C@H](NCc2ccccc2)[C@@H]2C=C[C@H]1O2. The molecular formula is C14H15NO3. The maximum atomic E-state index is 11.3. The van der Waals surface area contributed by atoms with E-state index in [1.54, 1.807) is 0 Å². The van der Waals surface area contributed by atoms with Crippen molar-refractivity contribution in [2.45, 2.75) is 24.8 Å². The molecule has 1 aromatic carbocycles. The summed E-state index contributed by atoms with van der Waals surface area (Å²) in [5.41, 5.74) is 1.15. The van der Waals surface area contributed by atoms with E-state index < -0.39 is 11.9 Å². The number of aliphatic carboxylic acids is 1. The summed E-state index contributed by atoms with van der Waals surface area (Å²) >= 11 is 0. The minimum atomic E-state index is -0.794. The molecule has 94 valence electrons. The molecule has 1 saturated heterocycles. The zero-order valence-electron chi connectivity index (χ0n) is 9.82. The van der Waals surface area contributed by atoms with Crippen molar-refractivity contribution in [2.24, 2.45) is 5.92 Å². The average Bonchev–Trinajstić information content (AvgIpc) is 2.97. The zero-order chi connectivity index (χ0) is 12.5. The van der Waals surface area contributed by atoms with Crippen LogP contribution in [-0.2, 0) is 16.1 Å². The third-order valence-electron chi connectivity index (χ3n) is 3.57. The van der Waals surface area contributed by atoms with Crippen LogP contribution in [0.2, 0.25) is 0 Å².